The van der Waals surface area contributed by atoms with E-state index in [4.69, 9.17) is 4.74 Å². The third kappa shape index (κ3) is 2.38. The Bertz CT molecular complexity index is 813. The lowest BCUT2D eigenvalue weighted by molar-refractivity contribution is -0.0967. The molecule has 0 aromatic carbocycles. The lowest BCUT2D eigenvalue weighted by Crippen LogP contribution is -2.43. The van der Waals surface area contributed by atoms with Crippen LogP contribution in [0.15, 0.2) is 15.9 Å². The predicted octanol–water partition coefficient (Wildman–Crippen LogP) is -0.635. The molecule has 0 unspecified atom stereocenters. The number of hydrogen-bond acceptors (Lipinski definition) is 5. The highest BCUT2D eigenvalue weighted by Crippen LogP contribution is 2.31. The van der Waals surface area contributed by atoms with Crippen LogP contribution in [-0.4, -0.2) is 42.6 Å². The number of nitrogens with zero attached hydrogens (tertiary/aromatic N) is 4. The summed E-state index contributed by atoms with van der Waals surface area (Å²) in [5.41, 5.74) is -0.744. The van der Waals surface area contributed by atoms with E-state index in [1.807, 2.05) is 0 Å². The molecule has 8 heteroatoms. The number of aryl methyl sites for hydroxylation is 2. The Labute approximate surface area is 126 Å². The van der Waals surface area contributed by atoms with Gasteiger partial charge in [0, 0.05) is 14.1 Å². The zero-order chi connectivity index (χ0) is 15.9. The average Bonchev–Trinajstić information content (AvgIpc) is 2.84. The molecule has 0 amide bonds. The molecule has 1 aliphatic carbocycles. The van der Waals surface area contributed by atoms with Crippen LogP contribution in [-0.2, 0) is 25.4 Å². The monoisotopic (exact) mass is 308 g/mol. The lowest BCUT2D eigenvalue weighted by Gasteiger charge is -2.36. The van der Waals surface area contributed by atoms with E-state index in [-0.39, 0.29) is 25.3 Å². The molecule has 1 saturated carbocycles. The summed E-state index contributed by atoms with van der Waals surface area (Å²) in [5.74, 6) is 0. The quantitative estimate of drug-likeness (QED) is 0.742. The third-order valence-electron chi connectivity index (χ3n) is 4.32. The van der Waals surface area contributed by atoms with Crippen molar-refractivity contribution in [3.05, 3.63) is 27.2 Å². The Morgan fingerprint density at radius 2 is 2.09 bits per heavy atom. The summed E-state index contributed by atoms with van der Waals surface area (Å²) in [6.07, 6.45) is 4.01. The van der Waals surface area contributed by atoms with Gasteiger partial charge in [0.15, 0.2) is 11.2 Å². The van der Waals surface area contributed by atoms with Gasteiger partial charge in [0.2, 0.25) is 0 Å². The fourth-order valence-corrected chi connectivity index (χ4v) is 2.74. The Kier molecular flexibility index (Phi) is 3.65. The molecule has 0 atom stereocenters. The minimum Gasteiger partial charge on any atom is -0.387 e. The summed E-state index contributed by atoms with van der Waals surface area (Å²) in [5, 5.41) is 9.94. The number of imidazole rings is 1. The van der Waals surface area contributed by atoms with Gasteiger partial charge >= 0.3 is 5.69 Å². The molecule has 2 aromatic heterocycles. The summed E-state index contributed by atoms with van der Waals surface area (Å²) < 4.78 is 9.55. The van der Waals surface area contributed by atoms with Crippen molar-refractivity contribution in [1.29, 1.82) is 0 Å². The minimum absolute atomic E-state index is 0.155. The van der Waals surface area contributed by atoms with Crippen molar-refractivity contribution >= 4 is 11.2 Å². The Morgan fingerprint density at radius 1 is 1.36 bits per heavy atom. The van der Waals surface area contributed by atoms with E-state index in [1.165, 1.54) is 10.9 Å². The average molecular weight is 308 g/mol. The molecule has 2 aromatic rings. The normalized spacial score (nSPS) is 16.9. The second kappa shape index (κ2) is 5.36. The Morgan fingerprint density at radius 3 is 2.73 bits per heavy atom. The number of hydrogen-bond donors (Lipinski definition) is 1. The first-order valence-electron chi connectivity index (χ1n) is 7.34. The molecule has 22 heavy (non-hydrogen) atoms. The van der Waals surface area contributed by atoms with Crippen molar-refractivity contribution in [2.45, 2.75) is 31.4 Å². The summed E-state index contributed by atoms with van der Waals surface area (Å²) in [7, 11) is 3.31. The van der Waals surface area contributed by atoms with Crippen LogP contribution >= 0.6 is 0 Å². The second-order valence-electron chi connectivity index (χ2n) is 5.96. The van der Waals surface area contributed by atoms with Crippen LogP contribution in [0.4, 0.5) is 0 Å². The molecular formula is C14H20N4O4. The number of rotatable bonds is 5. The summed E-state index contributed by atoms with van der Waals surface area (Å²) in [4.78, 5) is 28.7. The molecule has 120 valence electrons. The van der Waals surface area contributed by atoms with Gasteiger partial charge in [0.05, 0.1) is 31.7 Å². The van der Waals surface area contributed by atoms with E-state index in [0.29, 0.717) is 11.2 Å². The molecule has 0 radical (unpaired) electrons. The first-order chi connectivity index (χ1) is 10.4. The van der Waals surface area contributed by atoms with Crippen LogP contribution in [0.3, 0.4) is 0 Å². The van der Waals surface area contributed by atoms with Crippen molar-refractivity contribution in [3.63, 3.8) is 0 Å². The number of aromatic nitrogens is 4. The van der Waals surface area contributed by atoms with Gasteiger partial charge < -0.3 is 14.4 Å². The first kappa shape index (κ1) is 15.0. The van der Waals surface area contributed by atoms with Crippen LogP contribution in [0.2, 0.25) is 0 Å². The largest absolute Gasteiger partial charge is 0.387 e. The van der Waals surface area contributed by atoms with Crippen LogP contribution in [0.5, 0.6) is 0 Å². The van der Waals surface area contributed by atoms with Crippen molar-refractivity contribution in [2.75, 3.05) is 13.2 Å². The second-order valence-corrected chi connectivity index (χ2v) is 5.96. The highest BCUT2D eigenvalue weighted by Gasteiger charge is 2.34. The molecular weight excluding hydrogens is 288 g/mol. The van der Waals surface area contributed by atoms with E-state index >= 15 is 0 Å². The summed E-state index contributed by atoms with van der Waals surface area (Å²) >= 11 is 0. The van der Waals surface area contributed by atoms with E-state index in [0.717, 1.165) is 23.8 Å². The van der Waals surface area contributed by atoms with E-state index < -0.39 is 11.3 Å². The first-order valence-corrected chi connectivity index (χ1v) is 7.34. The Balaban J connectivity index is 1.80. The van der Waals surface area contributed by atoms with Gasteiger partial charge in [-0.15, -0.1) is 0 Å². The van der Waals surface area contributed by atoms with Crippen LogP contribution in [0.25, 0.3) is 11.2 Å². The van der Waals surface area contributed by atoms with Gasteiger partial charge in [-0.2, -0.15) is 0 Å². The fraction of sp³-hybridized carbons (Fsp3) is 0.643. The summed E-state index contributed by atoms with van der Waals surface area (Å²) in [6.45, 7) is 0.611. The standard InChI is InChI=1S/C14H20N4O4/c1-16-9-15-11-10(16)12(19)18(13(20)17(11)2)6-7-22-8-14(21)4-3-5-14/h9,21H,3-8H2,1-2H3. The smallest absolute Gasteiger partial charge is 0.332 e. The third-order valence-corrected chi connectivity index (χ3v) is 4.32. The number of ether oxygens (including phenoxy) is 1. The Hall–Kier alpha value is -1.93. The van der Waals surface area contributed by atoms with Gasteiger partial charge in [0.1, 0.15) is 0 Å². The van der Waals surface area contributed by atoms with Crippen LogP contribution in [0.1, 0.15) is 19.3 Å². The minimum atomic E-state index is -0.720. The predicted molar refractivity (Wildman–Crippen MR) is 79.8 cm³/mol. The molecule has 0 spiro atoms. The van der Waals surface area contributed by atoms with Crippen molar-refractivity contribution in [2.24, 2.45) is 14.1 Å². The van der Waals surface area contributed by atoms with E-state index in [9.17, 15) is 14.7 Å². The SMILES string of the molecule is Cn1cnc2c1c(=O)n(CCOCC1(O)CCC1)c(=O)n2C. The highest BCUT2D eigenvalue weighted by atomic mass is 16.5. The maximum Gasteiger partial charge on any atom is 0.332 e. The van der Waals surface area contributed by atoms with Crippen LogP contribution in [0, 0.1) is 0 Å². The molecule has 3 rings (SSSR count). The van der Waals surface area contributed by atoms with E-state index in [2.05, 4.69) is 4.98 Å². The molecule has 2 heterocycles. The zero-order valence-electron chi connectivity index (χ0n) is 12.8. The van der Waals surface area contributed by atoms with Gasteiger partial charge in [0.25, 0.3) is 5.56 Å². The summed E-state index contributed by atoms with van der Waals surface area (Å²) in [6, 6.07) is 0. The van der Waals surface area contributed by atoms with Gasteiger partial charge in [-0.05, 0) is 19.3 Å². The fourth-order valence-electron chi connectivity index (χ4n) is 2.74. The molecule has 0 aliphatic heterocycles. The van der Waals surface area contributed by atoms with Gasteiger partial charge in [-0.1, -0.05) is 0 Å². The van der Waals surface area contributed by atoms with Crippen LogP contribution < -0.4 is 11.2 Å². The van der Waals surface area contributed by atoms with E-state index in [1.54, 1.807) is 18.7 Å². The molecule has 1 aliphatic rings. The molecule has 8 nitrogen and oxygen atoms in total. The molecule has 1 N–H and O–H groups in total. The number of aliphatic hydroxyl groups is 1. The van der Waals surface area contributed by atoms with Gasteiger partial charge in [-0.25, -0.2) is 9.78 Å². The lowest BCUT2D eigenvalue weighted by atomic mass is 9.81. The maximum absolute atomic E-state index is 12.4. The van der Waals surface area contributed by atoms with Crippen molar-refractivity contribution < 1.29 is 9.84 Å². The number of fused-ring (bicyclic) bond motifs is 1. The highest BCUT2D eigenvalue weighted by molar-refractivity contribution is 5.69. The van der Waals surface area contributed by atoms with Crippen molar-refractivity contribution in [3.8, 4) is 0 Å². The zero-order valence-corrected chi connectivity index (χ0v) is 12.8. The van der Waals surface area contributed by atoms with Crippen molar-refractivity contribution in [1.82, 2.24) is 18.7 Å². The molecule has 1 fully saturated rings. The molecule has 0 bridgehead atoms. The topological polar surface area (TPSA) is 91.3 Å². The van der Waals surface area contributed by atoms with Gasteiger partial charge in [-0.3, -0.25) is 13.9 Å². The molecule has 0 saturated heterocycles. The maximum atomic E-state index is 12.4.